The first-order valence-corrected chi connectivity index (χ1v) is 9.42. The Morgan fingerprint density at radius 1 is 1.29 bits per heavy atom. The van der Waals surface area contributed by atoms with Crippen LogP contribution >= 0.6 is 15.9 Å². The average Bonchev–Trinajstić information content (AvgIpc) is 2.75. The van der Waals surface area contributed by atoms with Crippen molar-refractivity contribution in [2.75, 3.05) is 19.6 Å². The number of carbonyl (C=O) groups excluding carboxylic acids is 2. The summed E-state index contributed by atoms with van der Waals surface area (Å²) in [5.74, 6) is -1.06. The van der Waals surface area contributed by atoms with E-state index in [1.54, 1.807) is 18.2 Å². The molecule has 8 nitrogen and oxygen atoms in total. The summed E-state index contributed by atoms with van der Waals surface area (Å²) in [5.41, 5.74) is 5.70. The number of primary amides is 1. The van der Waals surface area contributed by atoms with Gasteiger partial charge in [-0.2, -0.15) is 4.31 Å². The molecule has 4 N–H and O–H groups in total. The first kappa shape index (κ1) is 16.9. The zero-order chi connectivity index (χ0) is 17.5. The molecule has 0 unspecified atom stereocenters. The van der Waals surface area contributed by atoms with Crippen molar-refractivity contribution < 1.29 is 18.0 Å². The molecule has 0 spiro atoms. The van der Waals surface area contributed by atoms with E-state index in [0.717, 1.165) is 0 Å². The number of halogens is 1. The molecule has 3 rings (SSSR count). The van der Waals surface area contributed by atoms with E-state index in [9.17, 15) is 18.0 Å². The molecule has 1 fully saturated rings. The van der Waals surface area contributed by atoms with Crippen LogP contribution in [0.2, 0.25) is 0 Å². The SMILES string of the molecule is NC(=O)c1[nH]c2ccc(Br)cc2c1S(=O)(=O)N1CCNC(=O)CC1. The number of nitrogens with two attached hydrogens (primary N) is 1. The number of benzene rings is 1. The standard InChI is InChI=1S/C14H15BrN4O4S/c15-8-1-2-10-9(7-8)13(12(18-10)14(16)21)24(22,23)19-5-3-11(20)17-4-6-19/h1-2,7,18H,3-6H2,(H2,16,21)(H,17,20). The van der Waals surface area contributed by atoms with Crippen LogP contribution in [0.3, 0.4) is 0 Å². The van der Waals surface area contributed by atoms with Gasteiger partial charge in [-0.05, 0) is 18.2 Å². The van der Waals surface area contributed by atoms with Gasteiger partial charge in [0.2, 0.25) is 15.9 Å². The van der Waals surface area contributed by atoms with Crippen LogP contribution in [-0.4, -0.2) is 49.2 Å². The number of H-pyrrole nitrogens is 1. The van der Waals surface area contributed by atoms with E-state index in [1.807, 2.05) is 0 Å². The highest BCUT2D eigenvalue weighted by molar-refractivity contribution is 9.10. The van der Waals surface area contributed by atoms with E-state index in [4.69, 9.17) is 5.73 Å². The Bertz CT molecular complexity index is 938. The predicted molar refractivity (Wildman–Crippen MR) is 90.9 cm³/mol. The number of hydrogen-bond donors (Lipinski definition) is 3. The zero-order valence-corrected chi connectivity index (χ0v) is 14.9. The van der Waals surface area contributed by atoms with Crippen LogP contribution in [0, 0.1) is 0 Å². The molecule has 1 aliphatic heterocycles. The lowest BCUT2D eigenvalue weighted by Gasteiger charge is -2.19. The van der Waals surface area contributed by atoms with Crippen LogP contribution in [-0.2, 0) is 14.8 Å². The van der Waals surface area contributed by atoms with Gasteiger partial charge in [0.05, 0.1) is 0 Å². The Hall–Kier alpha value is -1.91. The Labute approximate surface area is 146 Å². The van der Waals surface area contributed by atoms with Crippen molar-refractivity contribution >= 4 is 48.7 Å². The van der Waals surface area contributed by atoms with Gasteiger partial charge in [-0.15, -0.1) is 0 Å². The monoisotopic (exact) mass is 414 g/mol. The van der Waals surface area contributed by atoms with Gasteiger partial charge in [-0.3, -0.25) is 9.59 Å². The van der Waals surface area contributed by atoms with Crippen LogP contribution in [0.25, 0.3) is 10.9 Å². The quantitative estimate of drug-likeness (QED) is 0.677. The molecule has 2 heterocycles. The van der Waals surface area contributed by atoms with Crippen molar-refractivity contribution in [3.05, 3.63) is 28.4 Å². The van der Waals surface area contributed by atoms with Crippen molar-refractivity contribution in [1.82, 2.24) is 14.6 Å². The molecule has 0 saturated carbocycles. The summed E-state index contributed by atoms with van der Waals surface area (Å²) in [6.07, 6.45) is 0.0667. The molecular formula is C14H15BrN4O4S. The van der Waals surface area contributed by atoms with Crippen molar-refractivity contribution in [3.8, 4) is 0 Å². The number of aromatic amines is 1. The predicted octanol–water partition coefficient (Wildman–Crippen LogP) is 0.540. The summed E-state index contributed by atoms with van der Waals surface area (Å²) >= 11 is 3.30. The van der Waals surface area contributed by atoms with Gasteiger partial charge in [0.25, 0.3) is 5.91 Å². The van der Waals surface area contributed by atoms with E-state index < -0.39 is 15.9 Å². The van der Waals surface area contributed by atoms with E-state index in [-0.39, 0.29) is 42.6 Å². The fraction of sp³-hybridized carbons (Fsp3) is 0.286. The van der Waals surface area contributed by atoms with E-state index >= 15 is 0 Å². The maximum atomic E-state index is 13.1. The highest BCUT2D eigenvalue weighted by Crippen LogP contribution is 2.31. The van der Waals surface area contributed by atoms with Gasteiger partial charge in [-0.25, -0.2) is 8.42 Å². The van der Waals surface area contributed by atoms with E-state index in [1.165, 1.54) is 4.31 Å². The number of aromatic nitrogens is 1. The van der Waals surface area contributed by atoms with Crippen molar-refractivity contribution in [2.24, 2.45) is 5.73 Å². The Morgan fingerprint density at radius 2 is 2.04 bits per heavy atom. The molecule has 0 atom stereocenters. The number of carbonyl (C=O) groups is 2. The third-order valence-electron chi connectivity index (χ3n) is 3.83. The average molecular weight is 415 g/mol. The van der Waals surface area contributed by atoms with Crippen molar-refractivity contribution in [1.29, 1.82) is 0 Å². The summed E-state index contributed by atoms with van der Waals surface area (Å²) in [5, 5.41) is 3.00. The fourth-order valence-corrected chi connectivity index (χ4v) is 4.84. The lowest BCUT2D eigenvalue weighted by molar-refractivity contribution is -0.120. The molecule has 1 aromatic heterocycles. The molecule has 1 aliphatic rings. The second kappa shape index (κ2) is 6.19. The Kier molecular flexibility index (Phi) is 4.37. The maximum Gasteiger partial charge on any atom is 0.266 e. The number of amides is 2. The number of sulfonamides is 1. The van der Waals surface area contributed by atoms with Crippen LogP contribution < -0.4 is 11.1 Å². The number of hydrogen-bond acceptors (Lipinski definition) is 4. The summed E-state index contributed by atoms with van der Waals surface area (Å²) in [4.78, 5) is 25.8. The van der Waals surface area contributed by atoms with Crippen LogP contribution in [0.1, 0.15) is 16.9 Å². The molecule has 24 heavy (non-hydrogen) atoms. The molecule has 0 radical (unpaired) electrons. The number of rotatable bonds is 3. The zero-order valence-electron chi connectivity index (χ0n) is 12.5. The van der Waals surface area contributed by atoms with Gasteiger partial charge in [-0.1, -0.05) is 15.9 Å². The molecule has 1 aromatic carbocycles. The molecule has 10 heteroatoms. The molecule has 2 aromatic rings. The summed E-state index contributed by atoms with van der Waals surface area (Å²) < 4.78 is 28.1. The molecule has 0 bridgehead atoms. The van der Waals surface area contributed by atoms with Gasteiger partial charge in [0.15, 0.2) is 0 Å². The first-order valence-electron chi connectivity index (χ1n) is 7.18. The van der Waals surface area contributed by atoms with Gasteiger partial charge >= 0.3 is 0 Å². The minimum Gasteiger partial charge on any atom is -0.364 e. The number of nitrogens with zero attached hydrogens (tertiary/aromatic N) is 1. The van der Waals surface area contributed by atoms with E-state index in [0.29, 0.717) is 15.4 Å². The highest BCUT2D eigenvalue weighted by atomic mass is 79.9. The minimum absolute atomic E-state index is 0.0487. The normalized spacial score (nSPS) is 16.8. The minimum atomic E-state index is -4.00. The summed E-state index contributed by atoms with van der Waals surface area (Å²) in [6.45, 7) is 0.399. The Morgan fingerprint density at radius 3 is 2.75 bits per heavy atom. The van der Waals surface area contributed by atoms with Gasteiger partial charge in [0.1, 0.15) is 10.6 Å². The second-order valence-corrected chi connectivity index (χ2v) is 8.18. The van der Waals surface area contributed by atoms with E-state index in [2.05, 4.69) is 26.2 Å². The largest absolute Gasteiger partial charge is 0.364 e. The van der Waals surface area contributed by atoms with Gasteiger partial charge < -0.3 is 16.0 Å². The molecule has 0 aliphatic carbocycles. The lowest BCUT2D eigenvalue weighted by Crippen LogP contribution is -2.35. The fourth-order valence-electron chi connectivity index (χ4n) is 2.70. The van der Waals surface area contributed by atoms with Crippen LogP contribution in [0.15, 0.2) is 27.6 Å². The third kappa shape index (κ3) is 2.92. The molecule has 128 valence electrons. The van der Waals surface area contributed by atoms with Crippen molar-refractivity contribution in [2.45, 2.75) is 11.3 Å². The van der Waals surface area contributed by atoms with Crippen LogP contribution in [0.4, 0.5) is 0 Å². The molecule has 1 saturated heterocycles. The van der Waals surface area contributed by atoms with Crippen LogP contribution in [0.5, 0.6) is 0 Å². The first-order chi connectivity index (χ1) is 11.3. The molecular weight excluding hydrogens is 400 g/mol. The van der Waals surface area contributed by atoms with Crippen molar-refractivity contribution in [3.63, 3.8) is 0 Å². The topological polar surface area (TPSA) is 125 Å². The third-order valence-corrected chi connectivity index (χ3v) is 6.31. The summed E-state index contributed by atoms with van der Waals surface area (Å²) in [6, 6.07) is 5.01. The second-order valence-electron chi connectivity index (χ2n) is 5.39. The summed E-state index contributed by atoms with van der Waals surface area (Å²) in [7, 11) is -4.00. The number of fused-ring (bicyclic) bond motifs is 1. The highest BCUT2D eigenvalue weighted by Gasteiger charge is 2.33. The van der Waals surface area contributed by atoms with Gasteiger partial charge in [0, 0.05) is 41.4 Å². The Balaban J connectivity index is 2.19. The number of nitrogens with one attached hydrogen (secondary N) is 2. The smallest absolute Gasteiger partial charge is 0.266 e. The lowest BCUT2D eigenvalue weighted by atomic mass is 10.2. The maximum absolute atomic E-state index is 13.1. The molecule has 2 amide bonds.